The Balaban J connectivity index is 1.78. The molecule has 0 spiro atoms. The third-order valence-corrected chi connectivity index (χ3v) is 6.66. The van der Waals surface area contributed by atoms with Gasteiger partial charge in [-0.25, -0.2) is 18.0 Å². The molecule has 16 heteroatoms. The number of aliphatic hydroxyl groups is 1. The first-order chi connectivity index (χ1) is 17.4. The van der Waals surface area contributed by atoms with E-state index in [1.807, 2.05) is 4.98 Å². The zero-order valence-electron chi connectivity index (χ0n) is 19.6. The van der Waals surface area contributed by atoms with Crippen LogP contribution in [0.25, 0.3) is 0 Å². The normalized spacial score (nSPS) is 25.2. The van der Waals surface area contributed by atoms with E-state index in [0.29, 0.717) is 4.83 Å². The topological polar surface area (TPSA) is 149 Å². The van der Waals surface area contributed by atoms with Gasteiger partial charge in [-0.15, -0.1) is 0 Å². The van der Waals surface area contributed by atoms with Gasteiger partial charge < -0.3 is 19.1 Å². The predicted octanol–water partition coefficient (Wildman–Crippen LogP) is 1.42. The molecule has 204 valence electrons. The Morgan fingerprint density at radius 2 is 1.97 bits per heavy atom. The molecule has 2 unspecified atom stereocenters. The molecule has 2 N–H and O–H groups in total. The average molecular weight is 551 g/mol. The summed E-state index contributed by atoms with van der Waals surface area (Å²) in [6, 6.07) is 7.19. The van der Waals surface area contributed by atoms with Crippen molar-refractivity contribution in [3.8, 4) is 5.75 Å². The number of ether oxygens (including phenoxy) is 2. The van der Waals surface area contributed by atoms with Crippen molar-refractivity contribution in [2.24, 2.45) is 0 Å². The quantitative estimate of drug-likeness (QED) is 0.239. The lowest BCUT2D eigenvalue weighted by Crippen LogP contribution is -2.44. The molecule has 2 heterocycles. The van der Waals surface area contributed by atoms with Crippen molar-refractivity contribution in [3.05, 3.63) is 63.4 Å². The van der Waals surface area contributed by atoms with Gasteiger partial charge >= 0.3 is 19.8 Å². The van der Waals surface area contributed by atoms with Crippen molar-refractivity contribution in [2.75, 3.05) is 13.2 Å². The van der Waals surface area contributed by atoms with Crippen molar-refractivity contribution in [2.45, 2.75) is 50.4 Å². The number of benzene rings is 1. The molecule has 1 aliphatic rings. The number of hydrogen-bond acceptors (Lipinski definition) is 9. The maximum Gasteiger partial charge on any atom is 0.331 e. The van der Waals surface area contributed by atoms with Crippen LogP contribution in [0.1, 0.15) is 20.1 Å². The third kappa shape index (κ3) is 6.87. The lowest BCUT2D eigenvalue weighted by atomic mass is 9.98. The minimum Gasteiger partial charge on any atom is -0.458 e. The first-order valence-corrected chi connectivity index (χ1v) is 12.2. The SMILES string of the molecule is CC(C(=O)OCC(F)F)N(OC[C@H]1O[C@@H](n2ccc(=O)[nH]c2=O)[C@](C)(F)[C@@H]1O)[PH](=O)Oc1ccccc1. The molecule has 6 atom stereocenters. The Morgan fingerprint density at radius 3 is 2.59 bits per heavy atom. The number of carbonyl (C=O) groups is 1. The van der Waals surface area contributed by atoms with Crippen LogP contribution in [0, 0.1) is 0 Å². The number of para-hydroxylation sites is 1. The van der Waals surface area contributed by atoms with Gasteiger partial charge in [-0.05, 0) is 26.0 Å². The fourth-order valence-electron chi connectivity index (χ4n) is 3.43. The molecule has 1 saturated heterocycles. The van der Waals surface area contributed by atoms with Crippen LogP contribution in [0.2, 0.25) is 0 Å². The van der Waals surface area contributed by atoms with Gasteiger partial charge in [0.15, 0.2) is 18.5 Å². The van der Waals surface area contributed by atoms with Gasteiger partial charge in [0.2, 0.25) is 0 Å². The van der Waals surface area contributed by atoms with Gasteiger partial charge in [-0.3, -0.25) is 28.5 Å². The number of nitrogens with one attached hydrogen (secondary N) is 1. The van der Waals surface area contributed by atoms with Crippen molar-refractivity contribution >= 4 is 14.1 Å². The Hall–Kier alpha value is -2.97. The maximum atomic E-state index is 15.4. The molecule has 1 aliphatic heterocycles. The number of esters is 1. The van der Waals surface area contributed by atoms with Gasteiger partial charge in [-0.2, -0.15) is 0 Å². The second-order valence-electron chi connectivity index (χ2n) is 8.14. The monoisotopic (exact) mass is 551 g/mol. The highest BCUT2D eigenvalue weighted by atomic mass is 31.1. The number of H-pyrrole nitrogens is 1. The lowest BCUT2D eigenvalue weighted by molar-refractivity contribution is -0.183. The summed E-state index contributed by atoms with van der Waals surface area (Å²) in [6.45, 7) is 0.204. The van der Waals surface area contributed by atoms with E-state index >= 15 is 4.39 Å². The van der Waals surface area contributed by atoms with Crippen LogP contribution < -0.4 is 15.8 Å². The molecule has 3 rings (SSSR count). The number of alkyl halides is 3. The highest BCUT2D eigenvalue weighted by Gasteiger charge is 2.55. The van der Waals surface area contributed by atoms with E-state index < -0.39 is 75.2 Å². The van der Waals surface area contributed by atoms with E-state index in [4.69, 9.17) is 14.1 Å². The molecular weight excluding hydrogens is 526 g/mol. The van der Waals surface area contributed by atoms with Crippen molar-refractivity contribution < 1.29 is 46.5 Å². The van der Waals surface area contributed by atoms with E-state index in [1.165, 1.54) is 12.1 Å². The standard InChI is InChI=1S/C21H25F3N3O9P/c1-12(18(30)33-11-15(22)23)27(37(32)36-13-6-4-3-5-7-13)34-10-14-17(29)21(2,24)19(35-14)26-9-8-16(28)25-20(26)31/h3-9,12,14-15,17,19,29,37H,10-11H2,1-2H3,(H,25,28,31)/t12?,14-,17-,19-,21-/m1/s1. The summed E-state index contributed by atoms with van der Waals surface area (Å²) in [5, 5.41) is 10.5. The van der Waals surface area contributed by atoms with Crippen LogP contribution >= 0.6 is 8.18 Å². The Bertz CT molecular complexity index is 1210. The number of aromatic amines is 1. The Labute approximate surface area is 208 Å². The van der Waals surface area contributed by atoms with E-state index in [1.54, 1.807) is 18.2 Å². The first-order valence-electron chi connectivity index (χ1n) is 10.9. The number of nitrogens with zero attached hydrogens (tertiary/aromatic N) is 2. The molecule has 37 heavy (non-hydrogen) atoms. The van der Waals surface area contributed by atoms with Gasteiger partial charge in [0, 0.05) is 12.3 Å². The van der Waals surface area contributed by atoms with Gasteiger partial charge in [0.25, 0.3) is 12.0 Å². The molecule has 1 fully saturated rings. The third-order valence-electron chi connectivity index (χ3n) is 5.37. The molecule has 12 nitrogen and oxygen atoms in total. The van der Waals surface area contributed by atoms with Crippen LogP contribution in [-0.4, -0.2) is 69.0 Å². The number of rotatable bonds is 11. The number of hydrogen-bond donors (Lipinski definition) is 2. The molecule has 0 aliphatic carbocycles. The summed E-state index contributed by atoms with van der Waals surface area (Å²) >= 11 is 0. The molecular formula is C21H25F3N3O9P. The van der Waals surface area contributed by atoms with Crippen LogP contribution in [0.5, 0.6) is 5.75 Å². The summed E-state index contributed by atoms with van der Waals surface area (Å²) in [5.41, 5.74) is -4.27. The molecule has 0 saturated carbocycles. The maximum absolute atomic E-state index is 15.4. The molecule has 0 radical (unpaired) electrons. The smallest absolute Gasteiger partial charge is 0.331 e. The van der Waals surface area contributed by atoms with Gasteiger partial charge in [0.1, 0.15) is 24.0 Å². The van der Waals surface area contributed by atoms with E-state index in [2.05, 4.69) is 4.74 Å². The summed E-state index contributed by atoms with van der Waals surface area (Å²) in [7, 11) is -3.43. The average Bonchev–Trinajstić information content (AvgIpc) is 3.06. The molecule has 1 aromatic heterocycles. The predicted molar refractivity (Wildman–Crippen MR) is 121 cm³/mol. The van der Waals surface area contributed by atoms with E-state index in [0.717, 1.165) is 30.7 Å². The molecule has 1 aromatic carbocycles. The van der Waals surface area contributed by atoms with Crippen molar-refractivity contribution in [3.63, 3.8) is 0 Å². The number of carbonyl (C=O) groups excluding carboxylic acids is 1. The zero-order valence-corrected chi connectivity index (χ0v) is 20.6. The molecule has 2 aromatic rings. The minimum absolute atomic E-state index is 0.138. The number of aliphatic hydroxyl groups excluding tert-OH is 1. The van der Waals surface area contributed by atoms with Crippen LogP contribution in [0.3, 0.4) is 0 Å². The molecule has 0 amide bonds. The fourth-order valence-corrected chi connectivity index (χ4v) is 4.46. The summed E-state index contributed by atoms with van der Waals surface area (Å²) in [6.07, 6.45) is -6.98. The van der Waals surface area contributed by atoms with Crippen LogP contribution in [0.4, 0.5) is 13.2 Å². The Morgan fingerprint density at radius 1 is 1.30 bits per heavy atom. The second-order valence-corrected chi connectivity index (χ2v) is 9.32. The zero-order chi connectivity index (χ0) is 27.3. The van der Waals surface area contributed by atoms with Crippen LogP contribution in [-0.2, 0) is 23.7 Å². The number of halogens is 3. The highest BCUT2D eigenvalue weighted by molar-refractivity contribution is 7.36. The highest BCUT2D eigenvalue weighted by Crippen LogP contribution is 2.41. The van der Waals surface area contributed by atoms with Crippen LogP contribution in [0.15, 0.2) is 52.2 Å². The fraction of sp³-hybridized carbons (Fsp3) is 0.476. The number of aromatic nitrogens is 2. The number of hydroxylamine groups is 1. The van der Waals surface area contributed by atoms with E-state index in [9.17, 15) is 32.8 Å². The van der Waals surface area contributed by atoms with Crippen molar-refractivity contribution in [1.29, 1.82) is 0 Å². The lowest BCUT2D eigenvalue weighted by Gasteiger charge is -2.27. The van der Waals surface area contributed by atoms with Crippen molar-refractivity contribution in [1.82, 2.24) is 14.4 Å². The van der Waals surface area contributed by atoms with Gasteiger partial charge in [-0.1, -0.05) is 23.0 Å². The van der Waals surface area contributed by atoms with Gasteiger partial charge in [0.05, 0.1) is 6.61 Å². The van der Waals surface area contributed by atoms with E-state index in [-0.39, 0.29) is 5.75 Å². The Kier molecular flexibility index (Phi) is 9.31. The molecule has 0 bridgehead atoms. The summed E-state index contributed by atoms with van der Waals surface area (Å²) < 4.78 is 69.3. The largest absolute Gasteiger partial charge is 0.458 e. The summed E-state index contributed by atoms with van der Waals surface area (Å²) in [4.78, 5) is 43.6. The minimum atomic E-state index is -3.43. The second kappa shape index (κ2) is 12.0. The first kappa shape index (κ1) is 28.6. The summed E-state index contributed by atoms with van der Waals surface area (Å²) in [5.74, 6) is -1.07.